The van der Waals surface area contributed by atoms with Crippen LogP contribution in [0.15, 0.2) is 23.3 Å². The Kier molecular flexibility index (Phi) is 4.20. The average Bonchev–Trinajstić information content (AvgIpc) is 2.92. The highest BCUT2D eigenvalue weighted by molar-refractivity contribution is 5.95. The van der Waals surface area contributed by atoms with Gasteiger partial charge in [-0.2, -0.15) is 0 Å². The fourth-order valence-electron chi connectivity index (χ4n) is 7.08. The van der Waals surface area contributed by atoms with Gasteiger partial charge in [-0.1, -0.05) is 31.6 Å². The Bertz CT molecular complexity index is 702. The van der Waals surface area contributed by atoms with Crippen molar-refractivity contribution in [3.63, 3.8) is 0 Å². The molecule has 4 aliphatic rings. The summed E-state index contributed by atoms with van der Waals surface area (Å²) in [6, 6.07) is 0. The van der Waals surface area contributed by atoms with Crippen LogP contribution in [0.1, 0.15) is 72.6 Å². The van der Waals surface area contributed by atoms with Crippen molar-refractivity contribution in [1.29, 1.82) is 0 Å². The Labute approximate surface area is 157 Å². The summed E-state index contributed by atoms with van der Waals surface area (Å²) in [7, 11) is 0. The molecule has 0 bridgehead atoms. The van der Waals surface area contributed by atoms with Crippen LogP contribution in [-0.4, -0.2) is 17.9 Å². The van der Waals surface area contributed by atoms with E-state index in [-0.39, 0.29) is 28.7 Å². The van der Waals surface area contributed by atoms with E-state index in [0.717, 1.165) is 44.1 Å². The molecule has 0 N–H and O–H groups in total. The fourth-order valence-corrected chi connectivity index (χ4v) is 7.08. The van der Waals surface area contributed by atoms with Crippen LogP contribution in [0.2, 0.25) is 0 Å². The quantitative estimate of drug-likeness (QED) is 0.516. The molecule has 3 nitrogen and oxygen atoms in total. The van der Waals surface area contributed by atoms with E-state index in [1.165, 1.54) is 18.9 Å². The smallest absolute Gasteiger partial charge is 0.302 e. The maximum atomic E-state index is 12.2. The van der Waals surface area contributed by atoms with Crippen LogP contribution in [-0.2, 0) is 14.3 Å². The molecule has 6 atom stereocenters. The SMILES string of the molecule is CC(=O)O[C@H]1CC[C@@]2(C)C(=CC[C@H]3[C@@H]2CC[C@]2(C)C(C(C)=O)=CC[C@@H]32)C1. The van der Waals surface area contributed by atoms with Crippen LogP contribution >= 0.6 is 0 Å². The molecule has 142 valence electrons. The van der Waals surface area contributed by atoms with Crippen LogP contribution in [0.4, 0.5) is 0 Å². The molecule has 4 aliphatic carbocycles. The second kappa shape index (κ2) is 6.07. The van der Waals surface area contributed by atoms with Gasteiger partial charge in [0.05, 0.1) is 0 Å². The van der Waals surface area contributed by atoms with Crippen molar-refractivity contribution in [2.75, 3.05) is 0 Å². The molecule has 2 fully saturated rings. The van der Waals surface area contributed by atoms with Gasteiger partial charge in [0.2, 0.25) is 0 Å². The first-order chi connectivity index (χ1) is 12.3. The summed E-state index contributed by atoms with van der Waals surface area (Å²) in [6.07, 6.45) is 12.3. The van der Waals surface area contributed by atoms with Crippen molar-refractivity contribution in [2.45, 2.75) is 78.7 Å². The lowest BCUT2D eigenvalue weighted by molar-refractivity contribution is -0.148. The molecule has 0 saturated heterocycles. The number of ether oxygens (including phenoxy) is 1. The minimum absolute atomic E-state index is 0.0645. The number of hydrogen-bond acceptors (Lipinski definition) is 3. The number of esters is 1. The number of allylic oxidation sites excluding steroid dienone is 3. The van der Waals surface area contributed by atoms with Crippen LogP contribution in [0, 0.1) is 28.6 Å². The Morgan fingerprint density at radius 3 is 2.42 bits per heavy atom. The Morgan fingerprint density at radius 2 is 1.73 bits per heavy atom. The van der Waals surface area contributed by atoms with Crippen molar-refractivity contribution in [3.8, 4) is 0 Å². The van der Waals surface area contributed by atoms with E-state index in [4.69, 9.17) is 4.74 Å². The number of Topliss-reactive ketones (excluding diaryl/α,β-unsaturated/α-hetero) is 1. The second-order valence-corrected chi connectivity index (χ2v) is 9.60. The molecule has 2 saturated carbocycles. The lowest BCUT2D eigenvalue weighted by atomic mass is 9.47. The van der Waals surface area contributed by atoms with Gasteiger partial charge < -0.3 is 4.74 Å². The molecule has 4 rings (SSSR count). The first-order valence-electron chi connectivity index (χ1n) is 10.3. The molecular formula is C23H32O3. The van der Waals surface area contributed by atoms with Crippen LogP contribution < -0.4 is 0 Å². The topological polar surface area (TPSA) is 43.4 Å². The largest absolute Gasteiger partial charge is 0.462 e. The predicted molar refractivity (Wildman–Crippen MR) is 101 cm³/mol. The maximum Gasteiger partial charge on any atom is 0.302 e. The second-order valence-electron chi connectivity index (χ2n) is 9.60. The summed E-state index contributed by atoms with van der Waals surface area (Å²) >= 11 is 0. The van der Waals surface area contributed by atoms with Crippen LogP contribution in [0.25, 0.3) is 0 Å². The zero-order valence-electron chi connectivity index (χ0n) is 16.6. The fraction of sp³-hybridized carbons (Fsp3) is 0.739. The lowest BCUT2D eigenvalue weighted by Crippen LogP contribution is -2.50. The summed E-state index contributed by atoms with van der Waals surface area (Å²) < 4.78 is 5.52. The minimum atomic E-state index is -0.157. The van der Waals surface area contributed by atoms with Gasteiger partial charge in [0, 0.05) is 13.3 Å². The molecule has 26 heavy (non-hydrogen) atoms. The van der Waals surface area contributed by atoms with E-state index in [2.05, 4.69) is 26.0 Å². The molecule has 0 unspecified atom stereocenters. The summed E-state index contributed by atoms with van der Waals surface area (Å²) in [5.74, 6) is 2.11. The van der Waals surface area contributed by atoms with Gasteiger partial charge in [-0.25, -0.2) is 0 Å². The molecule has 0 spiro atoms. The van der Waals surface area contributed by atoms with Gasteiger partial charge in [-0.15, -0.1) is 0 Å². The third-order valence-electron chi connectivity index (χ3n) is 8.35. The number of hydrogen-bond donors (Lipinski definition) is 0. The monoisotopic (exact) mass is 356 g/mol. The van der Waals surface area contributed by atoms with Gasteiger partial charge in [-0.05, 0) is 79.6 Å². The van der Waals surface area contributed by atoms with E-state index >= 15 is 0 Å². The Balaban J connectivity index is 1.59. The third kappa shape index (κ3) is 2.53. The van der Waals surface area contributed by atoms with Crippen molar-refractivity contribution < 1.29 is 14.3 Å². The third-order valence-corrected chi connectivity index (χ3v) is 8.35. The number of carbonyl (C=O) groups is 2. The molecule has 0 radical (unpaired) electrons. The van der Waals surface area contributed by atoms with E-state index in [1.807, 2.05) is 0 Å². The zero-order chi connectivity index (χ0) is 18.7. The molecule has 0 aliphatic heterocycles. The molecule has 0 amide bonds. The first kappa shape index (κ1) is 18.0. The minimum Gasteiger partial charge on any atom is -0.462 e. The molecule has 0 aromatic rings. The number of ketones is 1. The van der Waals surface area contributed by atoms with E-state index in [1.54, 1.807) is 6.92 Å². The first-order valence-corrected chi connectivity index (χ1v) is 10.3. The highest BCUT2D eigenvalue weighted by Crippen LogP contribution is 2.65. The average molecular weight is 357 g/mol. The standard InChI is InChI=1S/C23H32O3/c1-14(24)19-7-8-20-18-6-5-16-13-17(26-15(2)25)9-11-22(16,3)21(18)10-12-23(19,20)4/h5,7,17-18,20-21H,6,8-13H2,1-4H3/t17-,18+,20-,21-,22-,23+/m0/s1. The lowest BCUT2D eigenvalue weighted by Gasteiger charge is -2.57. The van der Waals surface area contributed by atoms with Crippen molar-refractivity contribution in [1.82, 2.24) is 0 Å². The van der Waals surface area contributed by atoms with Crippen molar-refractivity contribution >= 4 is 11.8 Å². The number of fused-ring (bicyclic) bond motifs is 5. The Hall–Kier alpha value is -1.38. The summed E-state index contributed by atoms with van der Waals surface area (Å²) in [6.45, 7) is 8.05. The highest BCUT2D eigenvalue weighted by Gasteiger charge is 2.57. The van der Waals surface area contributed by atoms with E-state index < -0.39 is 0 Å². The van der Waals surface area contributed by atoms with Gasteiger partial charge in [0.15, 0.2) is 5.78 Å². The van der Waals surface area contributed by atoms with E-state index in [0.29, 0.717) is 17.8 Å². The summed E-state index contributed by atoms with van der Waals surface area (Å²) in [5, 5.41) is 0. The maximum absolute atomic E-state index is 12.2. The van der Waals surface area contributed by atoms with Crippen LogP contribution in [0.5, 0.6) is 0 Å². The van der Waals surface area contributed by atoms with Gasteiger partial charge >= 0.3 is 5.97 Å². The molecule has 0 heterocycles. The van der Waals surface area contributed by atoms with E-state index in [9.17, 15) is 9.59 Å². The van der Waals surface area contributed by atoms with Crippen molar-refractivity contribution in [2.24, 2.45) is 28.6 Å². The zero-order valence-corrected chi connectivity index (χ0v) is 16.6. The number of carbonyl (C=O) groups excluding carboxylic acids is 2. The highest BCUT2D eigenvalue weighted by atomic mass is 16.5. The normalized spacial score (nSPS) is 44.2. The molecular weight excluding hydrogens is 324 g/mol. The number of rotatable bonds is 2. The van der Waals surface area contributed by atoms with Gasteiger partial charge in [0.25, 0.3) is 0 Å². The predicted octanol–water partition coefficient (Wildman–Crippen LogP) is 5.01. The van der Waals surface area contributed by atoms with Crippen molar-refractivity contribution in [3.05, 3.63) is 23.3 Å². The summed E-state index contributed by atoms with van der Waals surface area (Å²) in [4.78, 5) is 23.5. The molecule has 3 heteroatoms. The molecule has 0 aromatic heterocycles. The molecule has 0 aromatic carbocycles. The Morgan fingerprint density at radius 1 is 1.00 bits per heavy atom. The van der Waals surface area contributed by atoms with Crippen LogP contribution in [0.3, 0.4) is 0 Å². The summed E-state index contributed by atoms with van der Waals surface area (Å²) in [5.41, 5.74) is 2.96. The van der Waals surface area contributed by atoms with Gasteiger partial charge in [0.1, 0.15) is 6.10 Å². The van der Waals surface area contributed by atoms with Gasteiger partial charge in [-0.3, -0.25) is 9.59 Å².